The van der Waals surface area contributed by atoms with Crippen molar-refractivity contribution in [1.29, 1.82) is 0 Å². The lowest BCUT2D eigenvalue weighted by molar-refractivity contribution is -0.133. The molecule has 1 amide bonds. The maximum absolute atomic E-state index is 13.2. The first-order valence-electron chi connectivity index (χ1n) is 9.63. The van der Waals surface area contributed by atoms with Crippen LogP contribution in [0.3, 0.4) is 0 Å². The number of anilines is 1. The second kappa shape index (κ2) is 9.36. The van der Waals surface area contributed by atoms with Gasteiger partial charge in [-0.2, -0.15) is 0 Å². The molecule has 5 nitrogen and oxygen atoms in total. The van der Waals surface area contributed by atoms with Crippen LogP contribution in [0, 0.1) is 0 Å². The van der Waals surface area contributed by atoms with Crippen LogP contribution in [-0.2, 0) is 14.3 Å². The summed E-state index contributed by atoms with van der Waals surface area (Å²) in [4.78, 5) is 40.6. The van der Waals surface area contributed by atoms with Gasteiger partial charge in [-0.1, -0.05) is 53.5 Å². The number of hydrogen-bond donors (Lipinski definition) is 0. The third-order valence-corrected chi connectivity index (χ3v) is 6.92. The highest BCUT2D eigenvalue weighted by Crippen LogP contribution is 2.45. The molecule has 0 saturated carbocycles. The Hall–Kier alpha value is -2.80. The number of nitrogens with zero attached hydrogens (tertiary/aromatic N) is 1. The molecule has 1 fully saturated rings. The summed E-state index contributed by atoms with van der Waals surface area (Å²) in [5.74, 6) is -1.71. The van der Waals surface area contributed by atoms with Crippen molar-refractivity contribution in [1.82, 2.24) is 0 Å². The molecule has 0 aromatic heterocycles. The molecule has 0 N–H and O–H groups in total. The molecular weight excluding hydrogens is 469 g/mol. The topological polar surface area (TPSA) is 63.7 Å². The van der Waals surface area contributed by atoms with E-state index in [0.29, 0.717) is 26.2 Å². The Morgan fingerprint density at radius 1 is 0.938 bits per heavy atom. The van der Waals surface area contributed by atoms with Gasteiger partial charge in [-0.05, 0) is 48.0 Å². The highest BCUT2D eigenvalue weighted by atomic mass is 35.5. The molecular formula is C24H17Cl2NO4S. The molecule has 4 rings (SSSR count). The van der Waals surface area contributed by atoms with Gasteiger partial charge in [-0.3, -0.25) is 14.5 Å². The average Bonchev–Trinajstić information content (AvgIpc) is 3.04. The summed E-state index contributed by atoms with van der Waals surface area (Å²) in [5, 5.41) is 0.192. The van der Waals surface area contributed by atoms with E-state index in [9.17, 15) is 14.4 Å². The van der Waals surface area contributed by atoms with Crippen LogP contribution >= 0.6 is 35.0 Å². The summed E-state index contributed by atoms with van der Waals surface area (Å²) in [5.41, 5.74) is 1.58. The summed E-state index contributed by atoms with van der Waals surface area (Å²) >= 11 is 13.4. The third kappa shape index (κ3) is 4.26. The van der Waals surface area contributed by atoms with Crippen molar-refractivity contribution in [2.24, 2.45) is 0 Å². The van der Waals surface area contributed by atoms with Crippen LogP contribution in [-0.4, -0.2) is 30.0 Å². The van der Waals surface area contributed by atoms with Crippen molar-refractivity contribution >= 4 is 58.3 Å². The van der Waals surface area contributed by atoms with Crippen LogP contribution in [0.2, 0.25) is 10.0 Å². The number of methoxy groups -OCH3 is 1. The number of rotatable bonds is 5. The van der Waals surface area contributed by atoms with Crippen LogP contribution in [0.25, 0.3) is 0 Å². The number of carbonyl (C=O) groups excluding carboxylic acids is 3. The van der Waals surface area contributed by atoms with Crippen LogP contribution < -0.4 is 4.90 Å². The van der Waals surface area contributed by atoms with E-state index in [-0.39, 0.29) is 0 Å². The van der Waals surface area contributed by atoms with Crippen LogP contribution in [0.4, 0.5) is 5.69 Å². The maximum atomic E-state index is 13.2. The van der Waals surface area contributed by atoms with Gasteiger partial charge in [0.15, 0.2) is 0 Å². The van der Waals surface area contributed by atoms with Gasteiger partial charge in [-0.25, -0.2) is 4.79 Å². The molecule has 3 aromatic carbocycles. The molecule has 0 bridgehead atoms. The molecule has 0 radical (unpaired) electrons. The van der Waals surface area contributed by atoms with Crippen LogP contribution in [0.1, 0.15) is 22.0 Å². The Morgan fingerprint density at radius 2 is 1.66 bits per heavy atom. The molecule has 2 atom stereocenters. The van der Waals surface area contributed by atoms with E-state index >= 15 is 0 Å². The van der Waals surface area contributed by atoms with Crippen LogP contribution in [0.15, 0.2) is 77.7 Å². The first-order chi connectivity index (χ1) is 15.4. The van der Waals surface area contributed by atoms with Crippen molar-refractivity contribution in [2.75, 3.05) is 12.0 Å². The Labute approximate surface area is 199 Å². The zero-order chi connectivity index (χ0) is 22.8. The second-order valence-electron chi connectivity index (χ2n) is 7.04. The fourth-order valence-electron chi connectivity index (χ4n) is 3.64. The lowest BCUT2D eigenvalue weighted by Crippen LogP contribution is -2.29. The van der Waals surface area contributed by atoms with Crippen molar-refractivity contribution < 1.29 is 19.1 Å². The number of esters is 1. The average molecular weight is 486 g/mol. The van der Waals surface area contributed by atoms with Gasteiger partial charge in [0.25, 0.3) is 5.91 Å². The molecule has 1 aliphatic heterocycles. The highest BCUT2D eigenvalue weighted by Gasteiger charge is 2.49. The van der Waals surface area contributed by atoms with E-state index < -0.39 is 29.0 Å². The number of Topliss-reactive ketones (excluding diaryl/α,β-unsaturated/α-hetero) is 1. The standard InChI is InChI=1S/C24H17Cl2NO4S/c1-31-24(30)18-7-2-3-8-19(18)32-22-20(14-9-11-15(25)12-10-14)27(23(29)21(22)28)17-6-4-5-16(26)13-17/h2-13,20,22H,1H3. The molecule has 1 saturated heterocycles. The lowest BCUT2D eigenvalue weighted by Gasteiger charge is -2.28. The van der Waals surface area contributed by atoms with E-state index in [1.165, 1.54) is 12.0 Å². The SMILES string of the molecule is COC(=O)c1ccccc1SC1C(=O)C(=O)N(c2cccc(Cl)c2)C1c1ccc(Cl)cc1. The summed E-state index contributed by atoms with van der Waals surface area (Å²) in [6.07, 6.45) is 0. The van der Waals surface area contributed by atoms with Crippen molar-refractivity contribution in [3.8, 4) is 0 Å². The van der Waals surface area contributed by atoms with Gasteiger partial charge in [0.1, 0.15) is 5.25 Å². The minimum absolute atomic E-state index is 0.330. The monoisotopic (exact) mass is 485 g/mol. The zero-order valence-corrected chi connectivity index (χ0v) is 19.2. The quantitative estimate of drug-likeness (QED) is 0.347. The van der Waals surface area contributed by atoms with E-state index in [4.69, 9.17) is 27.9 Å². The predicted molar refractivity (Wildman–Crippen MR) is 126 cm³/mol. The van der Waals surface area contributed by atoms with Gasteiger partial charge in [-0.15, -0.1) is 11.8 Å². The molecule has 162 valence electrons. The summed E-state index contributed by atoms with van der Waals surface area (Å²) in [7, 11) is 1.30. The predicted octanol–water partition coefficient (Wildman–Crippen LogP) is 5.60. The van der Waals surface area contributed by atoms with E-state index in [1.54, 1.807) is 72.8 Å². The fraction of sp³-hybridized carbons (Fsp3) is 0.125. The summed E-state index contributed by atoms with van der Waals surface area (Å²) < 4.78 is 4.87. The molecule has 2 unspecified atom stereocenters. The number of carbonyl (C=O) groups is 3. The molecule has 3 aromatic rings. The van der Waals surface area contributed by atoms with Crippen molar-refractivity contribution in [3.63, 3.8) is 0 Å². The van der Waals surface area contributed by atoms with Gasteiger partial charge in [0, 0.05) is 20.6 Å². The van der Waals surface area contributed by atoms with E-state index in [0.717, 1.165) is 17.3 Å². The number of ether oxygens (including phenoxy) is 1. The fourth-order valence-corrected chi connectivity index (χ4v) is 5.27. The molecule has 8 heteroatoms. The highest BCUT2D eigenvalue weighted by molar-refractivity contribution is 8.01. The smallest absolute Gasteiger partial charge is 0.338 e. The Bertz CT molecular complexity index is 1200. The normalized spacial score (nSPS) is 18.2. The van der Waals surface area contributed by atoms with Gasteiger partial charge < -0.3 is 4.74 Å². The van der Waals surface area contributed by atoms with Gasteiger partial charge in [0.2, 0.25) is 5.78 Å². The number of halogens is 2. The number of hydrogen-bond acceptors (Lipinski definition) is 5. The van der Waals surface area contributed by atoms with Crippen LogP contribution in [0.5, 0.6) is 0 Å². The molecule has 32 heavy (non-hydrogen) atoms. The van der Waals surface area contributed by atoms with Crippen molar-refractivity contribution in [3.05, 3.63) is 94.0 Å². The molecule has 0 spiro atoms. The summed E-state index contributed by atoms with van der Waals surface area (Å²) in [6, 6.07) is 20.0. The van der Waals surface area contributed by atoms with E-state index in [1.807, 2.05) is 0 Å². The number of amides is 1. The van der Waals surface area contributed by atoms with E-state index in [2.05, 4.69) is 0 Å². The minimum atomic E-state index is -0.798. The molecule has 0 aliphatic carbocycles. The number of benzene rings is 3. The second-order valence-corrected chi connectivity index (χ2v) is 9.10. The number of ketones is 1. The number of thioether (sulfide) groups is 1. The van der Waals surface area contributed by atoms with Crippen molar-refractivity contribution in [2.45, 2.75) is 16.2 Å². The Morgan fingerprint density at radius 3 is 2.34 bits per heavy atom. The summed E-state index contributed by atoms with van der Waals surface area (Å²) in [6.45, 7) is 0. The third-order valence-electron chi connectivity index (χ3n) is 5.10. The molecule has 1 heterocycles. The minimum Gasteiger partial charge on any atom is -0.465 e. The first-order valence-corrected chi connectivity index (χ1v) is 11.3. The largest absolute Gasteiger partial charge is 0.465 e. The van der Waals surface area contributed by atoms with Gasteiger partial charge >= 0.3 is 5.97 Å². The lowest BCUT2D eigenvalue weighted by atomic mass is 10.0. The van der Waals surface area contributed by atoms with Gasteiger partial charge in [0.05, 0.1) is 18.7 Å². The maximum Gasteiger partial charge on any atom is 0.338 e. The Balaban J connectivity index is 1.82. The zero-order valence-electron chi connectivity index (χ0n) is 16.8. The molecule has 1 aliphatic rings. The first kappa shape index (κ1) is 22.4. The Kier molecular flexibility index (Phi) is 6.55.